The van der Waals surface area contributed by atoms with Crippen LogP contribution >= 0.6 is 0 Å². The van der Waals surface area contributed by atoms with E-state index in [9.17, 15) is 22.8 Å². The van der Waals surface area contributed by atoms with Crippen molar-refractivity contribution in [2.45, 2.75) is 19.1 Å². The molecule has 1 atom stereocenters. The highest BCUT2D eigenvalue weighted by Gasteiger charge is 2.35. The Hall–Kier alpha value is -2.06. The van der Waals surface area contributed by atoms with Gasteiger partial charge in [-0.2, -0.15) is 18.3 Å². The Bertz CT molecular complexity index is 511. The van der Waals surface area contributed by atoms with Crippen LogP contribution in [-0.4, -0.2) is 34.3 Å². The molecule has 2 rings (SSSR count). The lowest BCUT2D eigenvalue weighted by molar-refractivity contribution is -0.142. The second-order valence-electron chi connectivity index (χ2n) is 4.32. The van der Waals surface area contributed by atoms with Gasteiger partial charge in [0.05, 0.1) is 17.8 Å². The largest absolute Gasteiger partial charge is 0.408 e. The fraction of sp³-hybridized carbons (Fsp3) is 0.500. The molecule has 1 aliphatic rings. The SMILES string of the molecule is NC(=O)C1CC(=O)N(c2cnn(CC(F)(F)F)c2)C1. The summed E-state index contributed by atoms with van der Waals surface area (Å²) in [6.07, 6.45) is -2.13. The van der Waals surface area contributed by atoms with E-state index in [1.165, 1.54) is 4.90 Å². The number of alkyl halides is 3. The van der Waals surface area contributed by atoms with E-state index in [4.69, 9.17) is 5.73 Å². The fourth-order valence-electron chi connectivity index (χ4n) is 1.91. The molecule has 2 N–H and O–H groups in total. The van der Waals surface area contributed by atoms with Crippen LogP contribution in [0.2, 0.25) is 0 Å². The van der Waals surface area contributed by atoms with Gasteiger partial charge in [-0.3, -0.25) is 14.3 Å². The quantitative estimate of drug-likeness (QED) is 0.861. The van der Waals surface area contributed by atoms with Crippen molar-refractivity contribution in [2.75, 3.05) is 11.4 Å². The maximum atomic E-state index is 12.2. The van der Waals surface area contributed by atoms with Crippen LogP contribution in [0, 0.1) is 5.92 Å². The van der Waals surface area contributed by atoms with Gasteiger partial charge in [-0.1, -0.05) is 0 Å². The molecule has 1 aromatic heterocycles. The molecular weight excluding hydrogens is 265 g/mol. The number of nitrogens with two attached hydrogens (primary N) is 1. The van der Waals surface area contributed by atoms with Crippen LogP contribution in [-0.2, 0) is 16.1 Å². The highest BCUT2D eigenvalue weighted by Crippen LogP contribution is 2.25. The zero-order valence-electron chi connectivity index (χ0n) is 9.72. The van der Waals surface area contributed by atoms with Gasteiger partial charge < -0.3 is 10.6 Å². The third kappa shape index (κ3) is 3.04. The van der Waals surface area contributed by atoms with Gasteiger partial charge in [-0.25, -0.2) is 0 Å². The summed E-state index contributed by atoms with van der Waals surface area (Å²) in [4.78, 5) is 23.9. The third-order valence-corrected chi connectivity index (χ3v) is 2.80. The Morgan fingerprint density at radius 2 is 2.21 bits per heavy atom. The Morgan fingerprint density at radius 3 is 2.74 bits per heavy atom. The number of carbonyl (C=O) groups is 2. The summed E-state index contributed by atoms with van der Waals surface area (Å²) < 4.78 is 37.2. The summed E-state index contributed by atoms with van der Waals surface area (Å²) in [5.41, 5.74) is 5.34. The van der Waals surface area contributed by atoms with Crippen molar-refractivity contribution < 1.29 is 22.8 Å². The van der Waals surface area contributed by atoms with Crippen molar-refractivity contribution in [1.29, 1.82) is 0 Å². The molecule has 1 aliphatic heterocycles. The number of hydrogen-bond acceptors (Lipinski definition) is 3. The van der Waals surface area contributed by atoms with Crippen LogP contribution in [0.15, 0.2) is 12.4 Å². The molecule has 1 saturated heterocycles. The zero-order valence-corrected chi connectivity index (χ0v) is 9.72. The molecule has 0 saturated carbocycles. The van der Waals surface area contributed by atoms with Gasteiger partial charge in [-0.05, 0) is 0 Å². The minimum atomic E-state index is -4.38. The molecule has 1 unspecified atom stereocenters. The Kier molecular flexibility index (Phi) is 3.21. The van der Waals surface area contributed by atoms with Gasteiger partial charge in [-0.15, -0.1) is 0 Å². The first-order valence-corrected chi connectivity index (χ1v) is 5.45. The number of halogens is 3. The van der Waals surface area contributed by atoms with Crippen molar-refractivity contribution in [3.05, 3.63) is 12.4 Å². The molecule has 9 heteroatoms. The Morgan fingerprint density at radius 1 is 1.53 bits per heavy atom. The summed E-state index contributed by atoms with van der Waals surface area (Å²) >= 11 is 0. The first kappa shape index (κ1) is 13.4. The first-order chi connectivity index (χ1) is 8.76. The minimum absolute atomic E-state index is 0.0280. The average molecular weight is 276 g/mol. The number of primary amides is 1. The van der Waals surface area contributed by atoms with Gasteiger partial charge in [0.2, 0.25) is 11.8 Å². The van der Waals surface area contributed by atoms with Crippen LogP contribution in [0.5, 0.6) is 0 Å². The number of nitrogens with zero attached hydrogens (tertiary/aromatic N) is 3. The molecule has 2 amide bonds. The lowest BCUT2D eigenvalue weighted by atomic mass is 10.1. The molecule has 19 heavy (non-hydrogen) atoms. The van der Waals surface area contributed by atoms with Crippen LogP contribution in [0.4, 0.5) is 18.9 Å². The molecule has 1 aromatic rings. The predicted molar refractivity (Wildman–Crippen MR) is 57.9 cm³/mol. The fourth-order valence-corrected chi connectivity index (χ4v) is 1.91. The van der Waals surface area contributed by atoms with Crippen molar-refractivity contribution in [3.63, 3.8) is 0 Å². The molecule has 1 fully saturated rings. The molecule has 0 aliphatic carbocycles. The smallest absolute Gasteiger partial charge is 0.369 e. The Balaban J connectivity index is 2.11. The maximum Gasteiger partial charge on any atom is 0.408 e. The summed E-state index contributed by atoms with van der Waals surface area (Å²) in [6, 6.07) is 0. The molecule has 2 heterocycles. The van der Waals surface area contributed by atoms with E-state index in [-0.39, 0.29) is 24.6 Å². The van der Waals surface area contributed by atoms with Crippen molar-refractivity contribution in [3.8, 4) is 0 Å². The second kappa shape index (κ2) is 4.56. The lowest BCUT2D eigenvalue weighted by Gasteiger charge is -2.13. The van der Waals surface area contributed by atoms with E-state index in [0.717, 1.165) is 12.4 Å². The topological polar surface area (TPSA) is 81.2 Å². The molecule has 0 radical (unpaired) electrons. The minimum Gasteiger partial charge on any atom is -0.369 e. The van der Waals surface area contributed by atoms with Gasteiger partial charge in [0, 0.05) is 19.2 Å². The van der Waals surface area contributed by atoms with Crippen LogP contribution in [0.25, 0.3) is 0 Å². The highest BCUT2D eigenvalue weighted by atomic mass is 19.4. The predicted octanol–water partition coefficient (Wildman–Crippen LogP) is 0.284. The van der Waals surface area contributed by atoms with E-state index in [1.54, 1.807) is 0 Å². The molecule has 104 valence electrons. The van der Waals surface area contributed by atoms with Crippen LogP contribution < -0.4 is 10.6 Å². The molecular formula is C10H11F3N4O2. The van der Waals surface area contributed by atoms with E-state index >= 15 is 0 Å². The highest BCUT2D eigenvalue weighted by molar-refractivity contribution is 5.99. The molecule has 0 spiro atoms. The summed E-state index contributed by atoms with van der Waals surface area (Å²) in [6.45, 7) is -1.15. The number of rotatable bonds is 3. The van der Waals surface area contributed by atoms with Gasteiger partial charge >= 0.3 is 6.18 Å². The Labute approximate surface area is 106 Å². The molecule has 0 bridgehead atoms. The van der Waals surface area contributed by atoms with E-state index in [1.807, 2.05) is 0 Å². The standard InChI is InChI=1S/C10H11F3N4O2/c11-10(12,13)5-16-4-7(2-15-16)17-3-6(9(14)19)1-8(17)18/h2,4,6H,1,3,5H2,(H2,14,19). The first-order valence-electron chi connectivity index (χ1n) is 5.45. The summed E-state index contributed by atoms with van der Waals surface area (Å²) in [7, 11) is 0. The van der Waals surface area contributed by atoms with Crippen molar-refractivity contribution in [2.24, 2.45) is 11.7 Å². The lowest BCUT2D eigenvalue weighted by Crippen LogP contribution is -2.28. The zero-order chi connectivity index (χ0) is 14.2. The van der Waals surface area contributed by atoms with Crippen molar-refractivity contribution in [1.82, 2.24) is 9.78 Å². The number of hydrogen-bond donors (Lipinski definition) is 1. The number of carbonyl (C=O) groups excluding carboxylic acids is 2. The van der Waals surface area contributed by atoms with Gasteiger partial charge in [0.1, 0.15) is 6.54 Å². The second-order valence-corrected chi connectivity index (χ2v) is 4.32. The van der Waals surface area contributed by atoms with Gasteiger partial charge in [0.25, 0.3) is 0 Å². The number of aromatic nitrogens is 2. The monoisotopic (exact) mass is 276 g/mol. The van der Waals surface area contributed by atoms with E-state index in [0.29, 0.717) is 4.68 Å². The molecule has 0 aromatic carbocycles. The summed E-state index contributed by atoms with van der Waals surface area (Å²) in [5.74, 6) is -1.56. The molecule has 6 nitrogen and oxygen atoms in total. The van der Waals surface area contributed by atoms with Crippen LogP contribution in [0.1, 0.15) is 6.42 Å². The maximum absolute atomic E-state index is 12.2. The summed E-state index contributed by atoms with van der Waals surface area (Å²) in [5, 5.41) is 3.54. The van der Waals surface area contributed by atoms with Crippen molar-refractivity contribution >= 4 is 17.5 Å². The van der Waals surface area contributed by atoms with Crippen LogP contribution in [0.3, 0.4) is 0 Å². The van der Waals surface area contributed by atoms with E-state index in [2.05, 4.69) is 5.10 Å². The van der Waals surface area contributed by atoms with Gasteiger partial charge in [0.15, 0.2) is 0 Å². The number of anilines is 1. The average Bonchev–Trinajstić information content (AvgIpc) is 2.82. The third-order valence-electron chi connectivity index (χ3n) is 2.80. The normalized spacial score (nSPS) is 20.1. The number of amides is 2. The van der Waals surface area contributed by atoms with E-state index < -0.39 is 24.5 Å².